The van der Waals surface area contributed by atoms with Gasteiger partial charge in [-0.1, -0.05) is 18.2 Å². The molecule has 0 bridgehead atoms. The molecule has 0 aromatic carbocycles. The Morgan fingerprint density at radius 1 is 2.00 bits per heavy atom. The van der Waals surface area contributed by atoms with Crippen molar-refractivity contribution in [1.29, 1.82) is 0 Å². The van der Waals surface area contributed by atoms with E-state index in [4.69, 9.17) is 11.6 Å². The molecule has 0 radical (unpaired) electrons. The first-order valence-corrected chi connectivity index (χ1v) is 2.23. The zero-order chi connectivity index (χ0) is 4.99. The molecule has 6 heavy (non-hydrogen) atoms. The average Bonchev–Trinajstić information content (AvgIpc) is 1.35. The molecule has 1 N–H and O–H groups in total. The third kappa shape index (κ3) is 3.83. The molecule has 0 aliphatic carbocycles. The summed E-state index contributed by atoms with van der Waals surface area (Å²) in [5.74, 6) is 0. The fourth-order valence-electron chi connectivity index (χ4n) is 0.192. The van der Waals surface area contributed by atoms with E-state index in [0.717, 1.165) is 6.54 Å². The Bertz CT molecular complexity index is 51.5. The number of hydrogen-bond acceptors (Lipinski definition) is 1. The third-order valence-electron chi connectivity index (χ3n) is 0.369. The van der Waals surface area contributed by atoms with E-state index in [1.54, 1.807) is 0 Å². The minimum absolute atomic E-state index is 0.512. The van der Waals surface area contributed by atoms with E-state index >= 15 is 0 Å². The van der Waals surface area contributed by atoms with Crippen LogP contribution in [0.3, 0.4) is 0 Å². The molecule has 0 spiro atoms. The van der Waals surface area contributed by atoms with Crippen molar-refractivity contribution in [2.24, 2.45) is 0 Å². The van der Waals surface area contributed by atoms with Gasteiger partial charge in [0, 0.05) is 6.54 Å². The van der Waals surface area contributed by atoms with Gasteiger partial charge in [-0.2, -0.15) is 0 Å². The van der Waals surface area contributed by atoms with Gasteiger partial charge in [-0.05, 0) is 6.92 Å². The van der Waals surface area contributed by atoms with Crippen molar-refractivity contribution in [3.63, 3.8) is 0 Å². The highest BCUT2D eigenvalue weighted by atomic mass is 35.5. The lowest BCUT2D eigenvalue weighted by molar-refractivity contribution is 0.905. The minimum Gasteiger partial charge on any atom is -0.377 e. The second-order valence-electron chi connectivity index (χ2n) is 0.935. The second-order valence-corrected chi connectivity index (χ2v) is 1.39. The summed E-state index contributed by atoms with van der Waals surface area (Å²) in [5.41, 5.74) is 0. The summed E-state index contributed by atoms with van der Waals surface area (Å²) in [6, 6.07) is 0. The van der Waals surface area contributed by atoms with Crippen LogP contribution in [-0.4, -0.2) is 6.54 Å². The molecule has 0 unspecified atom stereocenters. The van der Waals surface area contributed by atoms with Gasteiger partial charge in [-0.15, -0.1) is 0 Å². The summed E-state index contributed by atoms with van der Waals surface area (Å²) in [6.07, 6.45) is 0. The Morgan fingerprint density at radius 2 is 2.50 bits per heavy atom. The molecule has 1 nitrogen and oxygen atoms in total. The molecule has 36 valence electrons. The Morgan fingerprint density at radius 3 is 2.50 bits per heavy atom. The summed E-state index contributed by atoms with van der Waals surface area (Å²) in [6.45, 7) is 6.21. The molecule has 0 atom stereocenters. The summed E-state index contributed by atoms with van der Waals surface area (Å²) < 4.78 is 0. The van der Waals surface area contributed by atoms with Gasteiger partial charge < -0.3 is 5.32 Å². The maximum atomic E-state index is 5.27. The lowest BCUT2D eigenvalue weighted by atomic mass is 10.7. The van der Waals surface area contributed by atoms with Crippen LogP contribution < -0.4 is 5.32 Å². The summed E-state index contributed by atoms with van der Waals surface area (Å²) in [4.78, 5) is 0. The molecular formula is C4H8ClN. The van der Waals surface area contributed by atoms with E-state index in [2.05, 4.69) is 11.9 Å². The van der Waals surface area contributed by atoms with Gasteiger partial charge in [0.1, 0.15) is 0 Å². The molecule has 0 saturated heterocycles. The van der Waals surface area contributed by atoms with E-state index in [9.17, 15) is 0 Å². The summed E-state index contributed by atoms with van der Waals surface area (Å²) in [7, 11) is 0. The normalized spacial score (nSPS) is 7.67. The van der Waals surface area contributed by atoms with Crippen LogP contribution in [-0.2, 0) is 0 Å². The summed E-state index contributed by atoms with van der Waals surface area (Å²) >= 11 is 5.27. The highest BCUT2D eigenvalue weighted by Gasteiger charge is 1.73. The fraction of sp³-hybridized carbons (Fsp3) is 0.500. The first kappa shape index (κ1) is 5.83. The van der Waals surface area contributed by atoms with E-state index in [0.29, 0.717) is 5.16 Å². The van der Waals surface area contributed by atoms with E-state index < -0.39 is 0 Å². The zero-order valence-corrected chi connectivity index (χ0v) is 4.55. The zero-order valence-electron chi connectivity index (χ0n) is 3.79. The Balaban J connectivity index is 2.83. The number of nitrogens with one attached hydrogen (secondary N) is 1. The Kier molecular flexibility index (Phi) is 2.95. The van der Waals surface area contributed by atoms with Gasteiger partial charge in [-0.3, -0.25) is 0 Å². The van der Waals surface area contributed by atoms with Gasteiger partial charge in [-0.25, -0.2) is 0 Å². The molecular weight excluding hydrogens is 97.5 g/mol. The SMILES string of the molecule is C=C(Cl)NCC. The van der Waals surface area contributed by atoms with Gasteiger partial charge in [0.15, 0.2) is 0 Å². The van der Waals surface area contributed by atoms with Gasteiger partial charge >= 0.3 is 0 Å². The molecule has 0 rings (SSSR count). The highest BCUT2D eigenvalue weighted by molar-refractivity contribution is 6.28. The van der Waals surface area contributed by atoms with Crippen LogP contribution in [0.2, 0.25) is 0 Å². The van der Waals surface area contributed by atoms with Crippen molar-refractivity contribution in [2.45, 2.75) is 6.92 Å². The molecule has 0 saturated carbocycles. The standard InChI is InChI=1S/C4H8ClN/c1-3-6-4(2)5/h6H,2-3H2,1H3. The Hall–Kier alpha value is -0.170. The van der Waals surface area contributed by atoms with Crippen molar-refractivity contribution < 1.29 is 0 Å². The van der Waals surface area contributed by atoms with Crippen LogP contribution in [0.4, 0.5) is 0 Å². The minimum atomic E-state index is 0.512. The number of halogens is 1. The monoisotopic (exact) mass is 105 g/mol. The molecule has 0 heterocycles. The number of hydrogen-bond donors (Lipinski definition) is 1. The van der Waals surface area contributed by atoms with Gasteiger partial charge in [0.05, 0.1) is 5.16 Å². The van der Waals surface area contributed by atoms with Crippen LogP contribution in [0, 0.1) is 0 Å². The predicted octanol–water partition coefficient (Wildman–Crippen LogP) is 1.31. The lowest BCUT2D eigenvalue weighted by Gasteiger charge is -1.92. The van der Waals surface area contributed by atoms with Crippen LogP contribution >= 0.6 is 11.6 Å². The molecule has 0 aliphatic rings. The molecule has 0 fully saturated rings. The fourth-order valence-corrected chi connectivity index (χ4v) is 0.325. The van der Waals surface area contributed by atoms with Crippen LogP contribution in [0.1, 0.15) is 6.92 Å². The first-order chi connectivity index (χ1) is 2.77. The van der Waals surface area contributed by atoms with E-state index in [1.165, 1.54) is 0 Å². The summed E-state index contributed by atoms with van der Waals surface area (Å²) in [5, 5.41) is 3.29. The molecule has 2 heteroatoms. The van der Waals surface area contributed by atoms with E-state index in [-0.39, 0.29) is 0 Å². The lowest BCUT2D eigenvalue weighted by Crippen LogP contribution is -2.05. The maximum absolute atomic E-state index is 5.27. The van der Waals surface area contributed by atoms with Crippen molar-refractivity contribution in [3.05, 3.63) is 11.7 Å². The topological polar surface area (TPSA) is 12.0 Å². The largest absolute Gasteiger partial charge is 0.377 e. The molecule has 0 amide bonds. The smallest absolute Gasteiger partial charge is 0.0944 e. The second kappa shape index (κ2) is 3.04. The van der Waals surface area contributed by atoms with Crippen molar-refractivity contribution >= 4 is 11.6 Å². The van der Waals surface area contributed by atoms with Crippen LogP contribution in [0.15, 0.2) is 11.7 Å². The quantitative estimate of drug-likeness (QED) is 0.522. The van der Waals surface area contributed by atoms with Crippen LogP contribution in [0.25, 0.3) is 0 Å². The molecule has 0 aromatic heterocycles. The Labute approximate surface area is 43.0 Å². The number of rotatable bonds is 2. The third-order valence-corrected chi connectivity index (χ3v) is 0.502. The van der Waals surface area contributed by atoms with E-state index in [1.807, 2.05) is 6.92 Å². The van der Waals surface area contributed by atoms with Gasteiger partial charge in [0.25, 0.3) is 0 Å². The molecule has 0 aliphatic heterocycles. The van der Waals surface area contributed by atoms with Crippen molar-refractivity contribution in [3.8, 4) is 0 Å². The van der Waals surface area contributed by atoms with Crippen LogP contribution in [0.5, 0.6) is 0 Å². The average molecular weight is 106 g/mol. The van der Waals surface area contributed by atoms with Gasteiger partial charge in [0.2, 0.25) is 0 Å². The molecule has 0 aromatic rings. The van der Waals surface area contributed by atoms with Crippen molar-refractivity contribution in [1.82, 2.24) is 5.32 Å². The van der Waals surface area contributed by atoms with Crippen molar-refractivity contribution in [2.75, 3.05) is 6.54 Å². The predicted molar refractivity (Wildman–Crippen MR) is 28.7 cm³/mol. The first-order valence-electron chi connectivity index (χ1n) is 1.85. The highest BCUT2D eigenvalue weighted by Crippen LogP contribution is 1.85. The maximum Gasteiger partial charge on any atom is 0.0944 e.